The zero-order chi connectivity index (χ0) is 50.0. The van der Waals surface area contributed by atoms with Gasteiger partial charge < -0.3 is 20.4 Å². The maximum Gasteiger partial charge on any atom is 0.190 e. The van der Waals surface area contributed by atoms with Gasteiger partial charge in [-0.25, -0.2) is 0 Å². The van der Waals surface area contributed by atoms with Crippen LogP contribution in [0.3, 0.4) is 0 Å². The van der Waals surface area contributed by atoms with Gasteiger partial charge in [-0.2, -0.15) is 0 Å². The van der Waals surface area contributed by atoms with Crippen molar-refractivity contribution in [1.82, 2.24) is 0 Å². The van der Waals surface area contributed by atoms with Gasteiger partial charge in [-0.15, -0.1) is 0 Å². The van der Waals surface area contributed by atoms with Crippen LogP contribution in [0.4, 0.5) is 0 Å². The standard InChI is InChI=1S/C21H30O4.C21H30O3.C19H28O2/c1-19-8-5-14(23)11-13(19)3-4-15-16(19)6-9-20(2)17(15)7-10-21(20,25)18(24)12-22;1-20-9-7-14(23)11-13(20)3-4-15-16-5-6-18(19(24)12-22)21(16,2)10-8-17(15)20;1-18-9-7-13(20)11-12(18)3-4-14-15-5-6-17(21)19(15,2)10-8-16(14)18/h11,15-17,22,25H,3-10,12H2,1-2H3;11,15-18,22H,3-10,12H2,1-2H3;11,14-17,21H,3-10H2,1-2H3/t15-,16+,17+,19+,20+,21+;15-,16-,17-,18+,20-,21-;14-,15-,16-,17-,18-,19-/m100/s1. The van der Waals surface area contributed by atoms with Crippen LogP contribution in [0.5, 0.6) is 0 Å². The van der Waals surface area contributed by atoms with E-state index in [2.05, 4.69) is 41.5 Å². The normalized spacial score (nSPS) is 49.6. The van der Waals surface area contributed by atoms with Gasteiger partial charge in [0.2, 0.25) is 0 Å². The Hall–Kier alpha value is -2.59. The van der Waals surface area contributed by atoms with Crippen LogP contribution in [0.25, 0.3) is 0 Å². The predicted molar refractivity (Wildman–Crippen MR) is 269 cm³/mol. The summed E-state index contributed by atoms with van der Waals surface area (Å²) < 4.78 is 0. The number of hydrogen-bond donors (Lipinski definition) is 4. The maximum absolute atomic E-state index is 12.3. The van der Waals surface area contributed by atoms with Crippen LogP contribution >= 0.6 is 0 Å². The topological polar surface area (TPSA) is 166 Å². The first-order valence-corrected chi connectivity index (χ1v) is 28.5. The van der Waals surface area contributed by atoms with Gasteiger partial charge >= 0.3 is 0 Å². The van der Waals surface area contributed by atoms with E-state index in [0.29, 0.717) is 72.3 Å². The van der Waals surface area contributed by atoms with Crippen LogP contribution in [-0.2, 0) is 24.0 Å². The summed E-state index contributed by atoms with van der Waals surface area (Å²) in [5.74, 6) is 6.26. The van der Waals surface area contributed by atoms with Crippen molar-refractivity contribution in [1.29, 1.82) is 0 Å². The molecule has 386 valence electrons. The lowest BCUT2D eigenvalue weighted by Gasteiger charge is -2.58. The lowest BCUT2D eigenvalue weighted by Crippen LogP contribution is -2.58. The van der Waals surface area contributed by atoms with Crippen molar-refractivity contribution >= 4 is 28.9 Å². The van der Waals surface area contributed by atoms with Gasteiger partial charge in [-0.1, -0.05) is 58.3 Å². The first-order chi connectivity index (χ1) is 33.1. The molecule has 9 fully saturated rings. The first kappa shape index (κ1) is 50.9. The monoisotopic (exact) mass is 965 g/mol. The third-order valence-electron chi connectivity index (χ3n) is 25.1. The molecule has 0 saturated heterocycles. The number of allylic oxidation sites excluding steroid dienone is 3. The van der Waals surface area contributed by atoms with Gasteiger partial charge in [0.15, 0.2) is 28.9 Å². The van der Waals surface area contributed by atoms with E-state index < -0.39 is 23.4 Å². The summed E-state index contributed by atoms with van der Waals surface area (Å²) in [6, 6.07) is 0. The highest BCUT2D eigenvalue weighted by Gasteiger charge is 2.67. The van der Waals surface area contributed by atoms with E-state index in [4.69, 9.17) is 0 Å². The highest BCUT2D eigenvalue weighted by atomic mass is 16.3. The second-order valence-corrected chi connectivity index (χ2v) is 27.3. The van der Waals surface area contributed by atoms with Crippen LogP contribution in [0, 0.1) is 91.7 Å². The van der Waals surface area contributed by atoms with Crippen molar-refractivity contribution in [3.8, 4) is 0 Å². The summed E-state index contributed by atoms with van der Waals surface area (Å²) in [6.07, 6.45) is 29.7. The summed E-state index contributed by atoms with van der Waals surface area (Å²) in [7, 11) is 0. The van der Waals surface area contributed by atoms with Gasteiger partial charge in [0.1, 0.15) is 18.8 Å². The Balaban J connectivity index is 0.000000122. The second-order valence-electron chi connectivity index (χ2n) is 27.3. The smallest absolute Gasteiger partial charge is 0.190 e. The van der Waals surface area contributed by atoms with Gasteiger partial charge in [-0.3, -0.25) is 24.0 Å². The van der Waals surface area contributed by atoms with Crippen LogP contribution in [-0.4, -0.2) is 74.3 Å². The molecule has 0 aromatic rings. The highest BCUT2D eigenvalue weighted by Crippen LogP contribution is 2.70. The highest BCUT2D eigenvalue weighted by molar-refractivity contribution is 5.93. The minimum absolute atomic E-state index is 0.0596. The molecule has 0 bridgehead atoms. The first-order valence-electron chi connectivity index (χ1n) is 28.5. The number of hydrogen-bond acceptors (Lipinski definition) is 9. The molecule has 18 atom stereocenters. The van der Waals surface area contributed by atoms with E-state index >= 15 is 0 Å². The van der Waals surface area contributed by atoms with Crippen molar-refractivity contribution in [2.45, 2.75) is 207 Å². The molecule has 0 heterocycles. The van der Waals surface area contributed by atoms with E-state index in [0.717, 1.165) is 108 Å². The Kier molecular flexibility index (Phi) is 13.1. The minimum Gasteiger partial charge on any atom is -0.393 e. The molecule has 0 aliphatic heterocycles. The lowest BCUT2D eigenvalue weighted by molar-refractivity contribution is -0.164. The lowest BCUT2D eigenvalue weighted by atomic mass is 9.46. The third-order valence-corrected chi connectivity index (χ3v) is 25.1. The molecule has 0 amide bonds. The van der Waals surface area contributed by atoms with E-state index in [9.17, 15) is 44.4 Å². The fourth-order valence-corrected chi connectivity index (χ4v) is 20.9. The Morgan fingerprint density at radius 3 is 1.36 bits per heavy atom. The predicted octanol–water partition coefficient (Wildman–Crippen LogP) is 10.4. The average Bonchev–Trinajstić information content (AvgIpc) is 3.96. The third kappa shape index (κ3) is 7.56. The van der Waals surface area contributed by atoms with Crippen molar-refractivity contribution in [3.05, 3.63) is 34.9 Å². The molecule has 0 aromatic carbocycles. The molecule has 0 radical (unpaired) electrons. The molecular weight excluding hydrogens is 877 g/mol. The molecule has 9 saturated carbocycles. The Bertz CT molecular complexity index is 2260. The van der Waals surface area contributed by atoms with E-state index in [1.807, 2.05) is 18.2 Å². The van der Waals surface area contributed by atoms with Gasteiger partial charge in [-0.05, 0) is 233 Å². The van der Waals surface area contributed by atoms with E-state index in [-0.39, 0.29) is 57.3 Å². The number of carbonyl (C=O) groups is 5. The molecule has 12 rings (SSSR count). The summed E-state index contributed by atoms with van der Waals surface area (Å²) in [5, 5.41) is 40.4. The Labute approximate surface area is 418 Å². The van der Waals surface area contributed by atoms with Crippen LogP contribution < -0.4 is 0 Å². The molecule has 0 unspecified atom stereocenters. The summed E-state index contributed by atoms with van der Waals surface area (Å²) in [4.78, 5) is 60.1. The fraction of sp³-hybridized carbons (Fsp3) is 0.820. The number of rotatable bonds is 4. The zero-order valence-corrected chi connectivity index (χ0v) is 43.8. The SMILES string of the molecule is C[C@]12CCC(=O)C=C1CC[C@@H]1[C@@H]2CC[C@@]2(C)[C@H]1CC[C@]2(O)C(=O)CO.C[C@]12CC[C@H]3[C@@H](CCC4=CC(=O)CC[C@@]43C)[C@@H]1CC[C@@H]2C(=O)CO.C[C@]12CC[C@H]3[C@@H](CCC4=CC(=O)CC[C@@]43C)[C@@H]1CC[C@@H]2O. The van der Waals surface area contributed by atoms with Crippen molar-refractivity contribution < 1.29 is 44.4 Å². The summed E-state index contributed by atoms with van der Waals surface area (Å²) >= 11 is 0. The number of ketones is 5. The molecule has 9 nitrogen and oxygen atoms in total. The van der Waals surface area contributed by atoms with Gasteiger partial charge in [0.05, 0.1) is 6.10 Å². The van der Waals surface area contributed by atoms with Crippen LogP contribution in [0.1, 0.15) is 196 Å². The number of carbonyl (C=O) groups excluding carboxylic acids is 5. The summed E-state index contributed by atoms with van der Waals surface area (Å²) in [6.45, 7) is 13.0. The zero-order valence-electron chi connectivity index (χ0n) is 43.8. The number of Topliss-reactive ketones (excluding diaryl/α,β-unsaturated/α-hetero) is 2. The van der Waals surface area contributed by atoms with Crippen molar-refractivity contribution in [3.63, 3.8) is 0 Å². The van der Waals surface area contributed by atoms with E-state index in [1.54, 1.807) is 0 Å². The molecule has 0 aromatic heterocycles. The molecule has 0 spiro atoms. The van der Waals surface area contributed by atoms with E-state index in [1.165, 1.54) is 55.2 Å². The van der Waals surface area contributed by atoms with Crippen LogP contribution in [0.15, 0.2) is 34.9 Å². The summed E-state index contributed by atoms with van der Waals surface area (Å²) in [5.41, 5.74) is 3.25. The number of fused-ring (bicyclic) bond motifs is 15. The molecule has 9 heteroatoms. The number of aliphatic hydroxyl groups excluding tert-OH is 3. The Morgan fingerprint density at radius 2 is 0.886 bits per heavy atom. The average molecular weight is 965 g/mol. The van der Waals surface area contributed by atoms with Crippen LogP contribution in [0.2, 0.25) is 0 Å². The second kappa shape index (κ2) is 18.1. The molecular formula is C61H88O9. The van der Waals surface area contributed by atoms with Gasteiger partial charge in [0, 0.05) is 30.6 Å². The minimum atomic E-state index is -1.36. The molecule has 12 aliphatic carbocycles. The molecule has 70 heavy (non-hydrogen) atoms. The fourth-order valence-electron chi connectivity index (χ4n) is 20.9. The molecule has 12 aliphatic rings. The van der Waals surface area contributed by atoms with Crippen molar-refractivity contribution in [2.24, 2.45) is 91.7 Å². The quantitative estimate of drug-likeness (QED) is 0.215. The van der Waals surface area contributed by atoms with Crippen molar-refractivity contribution in [2.75, 3.05) is 13.2 Å². The van der Waals surface area contributed by atoms with Gasteiger partial charge in [0.25, 0.3) is 0 Å². The maximum atomic E-state index is 12.3. The number of aliphatic hydroxyl groups is 4. The molecule has 4 N–H and O–H groups in total. The Morgan fingerprint density at radius 1 is 0.471 bits per heavy atom. The largest absolute Gasteiger partial charge is 0.393 e.